The molecule has 108 valence electrons. The predicted molar refractivity (Wildman–Crippen MR) is 76.2 cm³/mol. The van der Waals surface area contributed by atoms with E-state index in [0.29, 0.717) is 6.54 Å². The number of pyridine rings is 1. The molecular formula is C12H22N4O2S. The summed E-state index contributed by atoms with van der Waals surface area (Å²) < 4.78 is 26.5. The standard InChI is InChI=1S/C12H22N4O2S/c1-3-16(4-2)9-5-7-15-19(17,18)11-6-8-14-12(13)10-11/h6,8,10,15H,3-5,7,9H2,1-2H3,(H2,13,14). The van der Waals surface area contributed by atoms with Crippen LogP contribution in [0.15, 0.2) is 23.2 Å². The van der Waals surface area contributed by atoms with Crippen LogP contribution in [0.1, 0.15) is 20.3 Å². The van der Waals surface area contributed by atoms with Crippen LogP contribution in [0.25, 0.3) is 0 Å². The van der Waals surface area contributed by atoms with Gasteiger partial charge in [-0.25, -0.2) is 18.1 Å². The van der Waals surface area contributed by atoms with Gasteiger partial charge in [0.15, 0.2) is 0 Å². The third-order valence-corrected chi connectivity index (χ3v) is 4.36. The summed E-state index contributed by atoms with van der Waals surface area (Å²) in [5.74, 6) is 0.200. The van der Waals surface area contributed by atoms with E-state index >= 15 is 0 Å². The minimum atomic E-state index is -3.48. The molecule has 1 rings (SSSR count). The van der Waals surface area contributed by atoms with E-state index in [0.717, 1.165) is 26.1 Å². The fourth-order valence-electron chi connectivity index (χ4n) is 1.73. The number of nitrogen functional groups attached to an aromatic ring is 1. The van der Waals surface area contributed by atoms with Crippen LogP contribution in [-0.2, 0) is 10.0 Å². The van der Waals surface area contributed by atoms with Crippen LogP contribution >= 0.6 is 0 Å². The lowest BCUT2D eigenvalue weighted by molar-refractivity contribution is 0.300. The Kier molecular flexibility index (Phi) is 6.20. The fraction of sp³-hybridized carbons (Fsp3) is 0.583. The molecule has 0 unspecified atom stereocenters. The van der Waals surface area contributed by atoms with Crippen LogP contribution < -0.4 is 10.5 Å². The van der Waals surface area contributed by atoms with Gasteiger partial charge >= 0.3 is 0 Å². The summed E-state index contributed by atoms with van der Waals surface area (Å²) in [6, 6.07) is 2.79. The maximum absolute atomic E-state index is 12.0. The number of nitrogens with two attached hydrogens (primary N) is 1. The van der Waals surface area contributed by atoms with Crippen molar-refractivity contribution in [2.24, 2.45) is 0 Å². The first-order valence-electron chi connectivity index (χ1n) is 6.43. The molecule has 0 fully saturated rings. The number of nitrogens with zero attached hydrogens (tertiary/aromatic N) is 2. The van der Waals surface area contributed by atoms with Gasteiger partial charge in [-0.05, 0) is 32.1 Å². The van der Waals surface area contributed by atoms with E-state index in [1.807, 2.05) is 0 Å². The lowest BCUT2D eigenvalue weighted by atomic mass is 10.4. The zero-order chi connectivity index (χ0) is 14.3. The molecule has 6 nitrogen and oxygen atoms in total. The summed E-state index contributed by atoms with van der Waals surface area (Å²) in [6.45, 7) is 7.43. The van der Waals surface area contributed by atoms with E-state index in [-0.39, 0.29) is 10.7 Å². The van der Waals surface area contributed by atoms with Crippen molar-refractivity contribution in [1.29, 1.82) is 0 Å². The van der Waals surface area contributed by atoms with Crippen LogP contribution in [0.2, 0.25) is 0 Å². The highest BCUT2D eigenvalue weighted by Gasteiger charge is 2.13. The SMILES string of the molecule is CCN(CC)CCCNS(=O)(=O)c1ccnc(N)c1. The van der Waals surface area contributed by atoms with Gasteiger partial charge in [-0.15, -0.1) is 0 Å². The largest absolute Gasteiger partial charge is 0.384 e. The van der Waals surface area contributed by atoms with Crippen LogP contribution in [0.5, 0.6) is 0 Å². The van der Waals surface area contributed by atoms with E-state index in [1.165, 1.54) is 18.3 Å². The molecule has 1 aromatic heterocycles. The van der Waals surface area contributed by atoms with Crippen molar-refractivity contribution >= 4 is 15.8 Å². The second kappa shape index (κ2) is 7.42. The third kappa shape index (κ3) is 5.14. The maximum Gasteiger partial charge on any atom is 0.240 e. The summed E-state index contributed by atoms with van der Waals surface area (Å²) in [5, 5.41) is 0. The number of nitrogens with one attached hydrogen (secondary N) is 1. The molecule has 0 aliphatic carbocycles. The second-order valence-electron chi connectivity index (χ2n) is 4.19. The van der Waals surface area contributed by atoms with Crippen molar-refractivity contribution in [1.82, 2.24) is 14.6 Å². The summed E-state index contributed by atoms with van der Waals surface area (Å²) in [7, 11) is -3.48. The molecule has 3 N–H and O–H groups in total. The number of aromatic nitrogens is 1. The Morgan fingerprint density at radius 1 is 1.37 bits per heavy atom. The highest BCUT2D eigenvalue weighted by molar-refractivity contribution is 7.89. The fourth-order valence-corrected chi connectivity index (χ4v) is 2.82. The summed E-state index contributed by atoms with van der Waals surface area (Å²) >= 11 is 0. The average Bonchev–Trinajstić information content (AvgIpc) is 2.39. The van der Waals surface area contributed by atoms with Crippen molar-refractivity contribution in [2.45, 2.75) is 25.2 Å². The van der Waals surface area contributed by atoms with Crippen molar-refractivity contribution in [2.75, 3.05) is 31.9 Å². The summed E-state index contributed by atoms with van der Waals surface area (Å²) in [5.41, 5.74) is 5.48. The Bertz CT molecular complexity index is 486. The van der Waals surface area contributed by atoms with Gasteiger partial charge in [0, 0.05) is 18.8 Å². The summed E-state index contributed by atoms with van der Waals surface area (Å²) in [4.78, 5) is 6.18. The molecule has 0 amide bonds. The van der Waals surface area contributed by atoms with E-state index in [4.69, 9.17) is 5.73 Å². The monoisotopic (exact) mass is 286 g/mol. The number of hydrogen-bond acceptors (Lipinski definition) is 5. The van der Waals surface area contributed by atoms with Crippen LogP contribution in [0, 0.1) is 0 Å². The minimum absolute atomic E-state index is 0.155. The molecule has 0 saturated carbocycles. The van der Waals surface area contributed by atoms with Crippen LogP contribution in [0.3, 0.4) is 0 Å². The third-order valence-electron chi connectivity index (χ3n) is 2.90. The minimum Gasteiger partial charge on any atom is -0.384 e. The highest BCUT2D eigenvalue weighted by Crippen LogP contribution is 2.09. The highest BCUT2D eigenvalue weighted by atomic mass is 32.2. The second-order valence-corrected chi connectivity index (χ2v) is 5.96. The van der Waals surface area contributed by atoms with Gasteiger partial charge in [-0.3, -0.25) is 0 Å². The van der Waals surface area contributed by atoms with Crippen molar-refractivity contribution < 1.29 is 8.42 Å². The normalized spacial score (nSPS) is 11.9. The first-order valence-corrected chi connectivity index (χ1v) is 7.91. The Labute approximate surface area is 115 Å². The zero-order valence-electron chi connectivity index (χ0n) is 11.5. The average molecular weight is 286 g/mol. The summed E-state index contributed by atoms with van der Waals surface area (Å²) in [6.07, 6.45) is 2.17. The molecule has 1 heterocycles. The molecule has 0 spiro atoms. The lowest BCUT2D eigenvalue weighted by Gasteiger charge is -2.17. The van der Waals surface area contributed by atoms with Crippen LogP contribution in [0.4, 0.5) is 5.82 Å². The van der Waals surface area contributed by atoms with Gasteiger partial charge < -0.3 is 10.6 Å². The Balaban J connectivity index is 2.48. The van der Waals surface area contributed by atoms with Gasteiger partial charge in [0.25, 0.3) is 0 Å². The smallest absolute Gasteiger partial charge is 0.240 e. The van der Waals surface area contributed by atoms with Gasteiger partial charge in [-0.2, -0.15) is 0 Å². The Hall–Kier alpha value is -1.18. The quantitative estimate of drug-likeness (QED) is 0.686. The van der Waals surface area contributed by atoms with Crippen LogP contribution in [-0.4, -0.2) is 44.5 Å². The van der Waals surface area contributed by atoms with Gasteiger partial charge in [0.05, 0.1) is 4.90 Å². The molecule has 0 bridgehead atoms. The lowest BCUT2D eigenvalue weighted by Crippen LogP contribution is -2.30. The van der Waals surface area contributed by atoms with E-state index in [9.17, 15) is 8.42 Å². The molecule has 0 aromatic carbocycles. The molecular weight excluding hydrogens is 264 g/mol. The number of sulfonamides is 1. The van der Waals surface area contributed by atoms with E-state index < -0.39 is 10.0 Å². The number of hydrogen-bond donors (Lipinski definition) is 2. The Morgan fingerprint density at radius 2 is 2.05 bits per heavy atom. The van der Waals surface area contributed by atoms with Gasteiger partial charge in [-0.1, -0.05) is 13.8 Å². The van der Waals surface area contributed by atoms with E-state index in [1.54, 1.807) is 0 Å². The Morgan fingerprint density at radius 3 is 2.63 bits per heavy atom. The molecule has 0 saturated heterocycles. The molecule has 0 radical (unpaired) electrons. The van der Waals surface area contributed by atoms with Gasteiger partial charge in [0.1, 0.15) is 5.82 Å². The molecule has 0 aliphatic heterocycles. The molecule has 7 heteroatoms. The first kappa shape index (κ1) is 15.9. The number of anilines is 1. The maximum atomic E-state index is 12.0. The first-order chi connectivity index (χ1) is 8.99. The molecule has 19 heavy (non-hydrogen) atoms. The molecule has 0 aliphatic rings. The van der Waals surface area contributed by atoms with Crippen molar-refractivity contribution in [3.63, 3.8) is 0 Å². The molecule has 1 aromatic rings. The van der Waals surface area contributed by atoms with Gasteiger partial charge in [0.2, 0.25) is 10.0 Å². The number of rotatable bonds is 8. The van der Waals surface area contributed by atoms with Crippen molar-refractivity contribution in [3.8, 4) is 0 Å². The topological polar surface area (TPSA) is 88.3 Å². The van der Waals surface area contributed by atoms with Crippen molar-refractivity contribution in [3.05, 3.63) is 18.3 Å². The zero-order valence-corrected chi connectivity index (χ0v) is 12.3. The predicted octanol–water partition coefficient (Wildman–Crippen LogP) is 0.674. The molecule has 0 atom stereocenters. The van der Waals surface area contributed by atoms with E-state index in [2.05, 4.69) is 28.5 Å².